The first-order valence-corrected chi connectivity index (χ1v) is 8.47. The van der Waals surface area contributed by atoms with Gasteiger partial charge in [0.25, 0.3) is 5.91 Å². The lowest BCUT2D eigenvalue weighted by atomic mass is 10.0. The number of nitrogens with one attached hydrogen (secondary N) is 1. The largest absolute Gasteiger partial charge is 0.497 e. The smallest absolute Gasteiger partial charge is 0.258 e. The predicted octanol–water partition coefficient (Wildman–Crippen LogP) is 0.743. The lowest BCUT2D eigenvalue weighted by molar-refractivity contribution is -0.134. The lowest BCUT2D eigenvalue weighted by Gasteiger charge is -2.35. The second-order valence-corrected chi connectivity index (χ2v) is 6.28. The van der Waals surface area contributed by atoms with Crippen LogP contribution in [0.3, 0.4) is 0 Å². The Morgan fingerprint density at radius 2 is 1.80 bits per heavy atom. The van der Waals surface area contributed by atoms with E-state index in [4.69, 9.17) is 9.47 Å². The zero-order valence-corrected chi connectivity index (χ0v) is 15.2. The van der Waals surface area contributed by atoms with Crippen LogP contribution in [0.4, 0.5) is 0 Å². The number of likely N-dealkylation sites (N-methyl/N-ethyl adjacent to an activating group) is 1. The van der Waals surface area contributed by atoms with Crippen LogP contribution in [0.15, 0.2) is 24.3 Å². The fourth-order valence-electron chi connectivity index (χ4n) is 2.76. The molecule has 7 heteroatoms. The highest BCUT2D eigenvalue weighted by molar-refractivity contribution is 5.85. The van der Waals surface area contributed by atoms with Crippen LogP contribution < -0.4 is 14.8 Å². The van der Waals surface area contributed by atoms with Gasteiger partial charge in [-0.15, -0.1) is 0 Å². The van der Waals surface area contributed by atoms with Gasteiger partial charge in [0.05, 0.1) is 13.7 Å². The molecular weight excluding hydrogens is 322 g/mol. The molecule has 1 aromatic rings. The van der Waals surface area contributed by atoms with Crippen LogP contribution in [0, 0.1) is 0 Å². The summed E-state index contributed by atoms with van der Waals surface area (Å²) in [5.74, 6) is 0.901. The Labute approximate surface area is 148 Å². The Bertz CT molecular complexity index is 568. The second-order valence-electron chi connectivity index (χ2n) is 6.28. The van der Waals surface area contributed by atoms with Crippen molar-refractivity contribution >= 4 is 11.8 Å². The van der Waals surface area contributed by atoms with Gasteiger partial charge in [-0.25, -0.2) is 0 Å². The molecule has 0 saturated carbocycles. The number of carbonyl (C=O) groups excluding carboxylic acids is 2. The van der Waals surface area contributed by atoms with Gasteiger partial charge in [-0.2, -0.15) is 0 Å². The number of carbonyl (C=O) groups is 2. The van der Waals surface area contributed by atoms with Crippen LogP contribution in [-0.2, 0) is 9.59 Å². The third-order valence-electron chi connectivity index (χ3n) is 4.50. The van der Waals surface area contributed by atoms with Gasteiger partial charge in [0.1, 0.15) is 11.5 Å². The highest BCUT2D eigenvalue weighted by Gasteiger charge is 2.23. The van der Waals surface area contributed by atoms with Gasteiger partial charge in [-0.05, 0) is 57.2 Å². The molecule has 0 aliphatic carbocycles. The van der Waals surface area contributed by atoms with E-state index >= 15 is 0 Å². The summed E-state index contributed by atoms with van der Waals surface area (Å²) in [7, 11) is 5.47. The maximum atomic E-state index is 12.2. The van der Waals surface area contributed by atoms with E-state index in [-0.39, 0.29) is 31.0 Å². The first kappa shape index (κ1) is 19.1. The highest BCUT2D eigenvalue weighted by Crippen LogP contribution is 2.17. The summed E-state index contributed by atoms with van der Waals surface area (Å²) in [5.41, 5.74) is 0. The van der Waals surface area contributed by atoms with Gasteiger partial charge in [-0.1, -0.05) is 0 Å². The van der Waals surface area contributed by atoms with Crippen molar-refractivity contribution < 1.29 is 19.1 Å². The van der Waals surface area contributed by atoms with Crippen LogP contribution >= 0.6 is 0 Å². The number of piperidine rings is 1. The number of hydrogen-bond acceptors (Lipinski definition) is 5. The molecule has 138 valence electrons. The van der Waals surface area contributed by atoms with Crippen molar-refractivity contribution in [3.8, 4) is 11.5 Å². The average molecular weight is 349 g/mol. The fourth-order valence-corrected chi connectivity index (χ4v) is 2.76. The quantitative estimate of drug-likeness (QED) is 0.786. The molecule has 7 nitrogen and oxygen atoms in total. The molecule has 0 bridgehead atoms. The fraction of sp³-hybridized carbons (Fsp3) is 0.556. The molecule has 1 aliphatic heterocycles. The van der Waals surface area contributed by atoms with Crippen molar-refractivity contribution in [2.75, 3.05) is 47.4 Å². The summed E-state index contributed by atoms with van der Waals surface area (Å²) in [4.78, 5) is 28.1. The van der Waals surface area contributed by atoms with Crippen molar-refractivity contribution in [3.63, 3.8) is 0 Å². The normalized spacial score (nSPS) is 15.5. The van der Waals surface area contributed by atoms with Crippen molar-refractivity contribution in [1.82, 2.24) is 15.1 Å². The van der Waals surface area contributed by atoms with Crippen LogP contribution in [0.2, 0.25) is 0 Å². The molecule has 0 spiro atoms. The summed E-state index contributed by atoms with van der Waals surface area (Å²) in [5, 5.41) is 2.61. The maximum absolute atomic E-state index is 12.2. The zero-order valence-electron chi connectivity index (χ0n) is 15.2. The predicted molar refractivity (Wildman–Crippen MR) is 94.8 cm³/mol. The Hall–Kier alpha value is -2.28. The van der Waals surface area contributed by atoms with Crippen LogP contribution in [0.25, 0.3) is 0 Å². The lowest BCUT2D eigenvalue weighted by Crippen LogP contribution is -2.48. The number of benzene rings is 1. The number of amides is 2. The van der Waals surface area contributed by atoms with Gasteiger partial charge in [0.15, 0.2) is 6.61 Å². The summed E-state index contributed by atoms with van der Waals surface area (Å²) >= 11 is 0. The van der Waals surface area contributed by atoms with E-state index in [1.807, 2.05) is 0 Å². The van der Waals surface area contributed by atoms with E-state index in [2.05, 4.69) is 17.3 Å². The molecule has 2 amide bonds. The molecule has 0 aromatic heterocycles. The van der Waals surface area contributed by atoms with Crippen molar-refractivity contribution in [2.45, 2.75) is 18.9 Å². The number of nitrogens with zero attached hydrogens (tertiary/aromatic N) is 2. The summed E-state index contributed by atoms with van der Waals surface area (Å²) < 4.78 is 10.4. The van der Waals surface area contributed by atoms with Crippen molar-refractivity contribution in [1.29, 1.82) is 0 Å². The average Bonchev–Trinajstić information content (AvgIpc) is 2.64. The van der Waals surface area contributed by atoms with E-state index in [1.165, 1.54) is 0 Å². The van der Waals surface area contributed by atoms with E-state index in [0.717, 1.165) is 31.7 Å². The molecular formula is C18H27N3O4. The summed E-state index contributed by atoms with van der Waals surface area (Å²) in [6, 6.07) is 7.22. The summed E-state index contributed by atoms with van der Waals surface area (Å²) in [6.45, 7) is 1.85. The molecule has 0 unspecified atom stereocenters. The molecule has 1 aromatic carbocycles. The minimum atomic E-state index is -0.319. The van der Waals surface area contributed by atoms with Crippen LogP contribution in [-0.4, -0.2) is 75.1 Å². The zero-order chi connectivity index (χ0) is 18.2. The minimum absolute atomic E-state index is 0.00630. The highest BCUT2D eigenvalue weighted by atomic mass is 16.5. The first-order chi connectivity index (χ1) is 12.0. The second kappa shape index (κ2) is 9.27. The number of hydrogen-bond donors (Lipinski definition) is 1. The number of ether oxygens (including phenoxy) is 2. The third-order valence-corrected chi connectivity index (χ3v) is 4.50. The van der Waals surface area contributed by atoms with Crippen molar-refractivity contribution in [2.24, 2.45) is 0 Å². The van der Waals surface area contributed by atoms with Crippen LogP contribution in [0.5, 0.6) is 11.5 Å². The van der Waals surface area contributed by atoms with Gasteiger partial charge in [0, 0.05) is 13.1 Å². The standard InChI is InChI=1S/C18H27N3O4/c1-20-10-8-14(9-11-20)21(2)18(23)12-19-17(22)13-25-16-6-4-15(24-3)5-7-16/h4-7,14H,8-13H2,1-3H3,(H,19,22). The molecule has 25 heavy (non-hydrogen) atoms. The molecule has 1 N–H and O–H groups in total. The molecule has 1 saturated heterocycles. The maximum Gasteiger partial charge on any atom is 0.258 e. The molecule has 1 fully saturated rings. The van der Waals surface area contributed by atoms with E-state index in [9.17, 15) is 9.59 Å². The first-order valence-electron chi connectivity index (χ1n) is 8.47. The van der Waals surface area contributed by atoms with Gasteiger partial charge in [-0.3, -0.25) is 9.59 Å². The Morgan fingerprint density at radius 3 is 2.40 bits per heavy atom. The van der Waals surface area contributed by atoms with Gasteiger partial charge >= 0.3 is 0 Å². The van der Waals surface area contributed by atoms with E-state index in [0.29, 0.717) is 5.75 Å². The Balaban J connectivity index is 1.68. The van der Waals surface area contributed by atoms with Gasteiger partial charge < -0.3 is 24.6 Å². The molecule has 0 atom stereocenters. The Morgan fingerprint density at radius 1 is 1.20 bits per heavy atom. The summed E-state index contributed by atoms with van der Waals surface area (Å²) in [6.07, 6.45) is 1.93. The monoisotopic (exact) mass is 349 g/mol. The number of methoxy groups -OCH3 is 1. The molecule has 0 radical (unpaired) electrons. The molecule has 1 aliphatic rings. The third kappa shape index (κ3) is 5.94. The van der Waals surface area contributed by atoms with Crippen LogP contribution in [0.1, 0.15) is 12.8 Å². The van der Waals surface area contributed by atoms with E-state index in [1.54, 1.807) is 43.3 Å². The number of likely N-dealkylation sites (tertiary alicyclic amines) is 1. The minimum Gasteiger partial charge on any atom is -0.497 e. The number of rotatable bonds is 7. The van der Waals surface area contributed by atoms with E-state index < -0.39 is 0 Å². The molecule has 1 heterocycles. The Kier molecular flexibility index (Phi) is 7.06. The van der Waals surface area contributed by atoms with Crippen molar-refractivity contribution in [3.05, 3.63) is 24.3 Å². The topological polar surface area (TPSA) is 71.1 Å². The SMILES string of the molecule is COc1ccc(OCC(=O)NCC(=O)N(C)C2CCN(C)CC2)cc1. The molecule has 2 rings (SSSR count). The van der Waals surface area contributed by atoms with Gasteiger partial charge in [0.2, 0.25) is 5.91 Å².